The van der Waals surface area contributed by atoms with Crippen molar-refractivity contribution in [3.63, 3.8) is 0 Å². The fraction of sp³-hybridized carbons (Fsp3) is 0.500. The molecule has 0 amide bonds. The van der Waals surface area contributed by atoms with Gasteiger partial charge in [-0.05, 0) is 70.6 Å². The van der Waals surface area contributed by atoms with Gasteiger partial charge >= 0.3 is 7.82 Å². The van der Waals surface area contributed by atoms with E-state index < -0.39 is 13.4 Å². The Morgan fingerprint density at radius 1 is 1.13 bits per heavy atom. The van der Waals surface area contributed by atoms with Crippen molar-refractivity contribution in [3.05, 3.63) is 57.9 Å². The molecule has 2 aromatic rings. The third-order valence-corrected chi connectivity index (χ3v) is 5.55. The van der Waals surface area contributed by atoms with Crippen LogP contribution in [0.15, 0.2) is 24.3 Å². The number of hydrogen-bond acceptors (Lipinski definition) is 4. The number of carbonyl (C=O) groups excluding carboxylic acids is 1. The van der Waals surface area contributed by atoms with Crippen molar-refractivity contribution in [2.75, 3.05) is 6.61 Å². The molecular formula is C22H33N2O5P. The molecule has 0 saturated carbocycles. The third kappa shape index (κ3) is 8.17. The Balaban J connectivity index is 1.88. The van der Waals surface area contributed by atoms with E-state index in [-0.39, 0.29) is 12.4 Å². The van der Waals surface area contributed by atoms with E-state index in [4.69, 9.17) is 15.5 Å². The second kappa shape index (κ2) is 10.0. The van der Waals surface area contributed by atoms with Gasteiger partial charge in [-0.15, -0.1) is 0 Å². The van der Waals surface area contributed by atoms with E-state index in [2.05, 4.69) is 41.6 Å². The summed E-state index contributed by atoms with van der Waals surface area (Å²) in [6.45, 7) is 7.52. The van der Waals surface area contributed by atoms with Gasteiger partial charge in [-0.2, -0.15) is 0 Å². The lowest BCUT2D eigenvalue weighted by Gasteiger charge is -2.24. The number of nitrogens with two attached hydrogens (primary N) is 1. The van der Waals surface area contributed by atoms with Gasteiger partial charge in [0, 0.05) is 17.7 Å². The largest absolute Gasteiger partial charge is 0.469 e. The van der Waals surface area contributed by atoms with Crippen LogP contribution < -0.4 is 5.73 Å². The summed E-state index contributed by atoms with van der Waals surface area (Å²) in [4.78, 5) is 33.4. The van der Waals surface area contributed by atoms with Gasteiger partial charge in [0.15, 0.2) is 5.78 Å². The number of aryl methyl sites for hydroxylation is 5. The molecule has 0 bridgehead atoms. The number of ketones is 1. The van der Waals surface area contributed by atoms with Crippen LogP contribution in [0, 0.1) is 20.8 Å². The lowest BCUT2D eigenvalue weighted by Crippen LogP contribution is -2.41. The molecule has 1 atom stereocenters. The summed E-state index contributed by atoms with van der Waals surface area (Å²) in [7, 11) is -4.55. The minimum absolute atomic E-state index is 0.0778. The summed E-state index contributed by atoms with van der Waals surface area (Å²) in [5.41, 5.74) is 11.4. The normalized spacial score (nSPS) is 14.0. The van der Waals surface area contributed by atoms with Crippen LogP contribution in [0.2, 0.25) is 0 Å². The number of phosphoric acid groups is 1. The number of H-pyrrole nitrogens is 1. The van der Waals surface area contributed by atoms with Gasteiger partial charge in [0.25, 0.3) is 0 Å². The number of aromatic nitrogens is 1. The van der Waals surface area contributed by atoms with Crippen LogP contribution in [0.5, 0.6) is 0 Å². The van der Waals surface area contributed by atoms with Gasteiger partial charge in [0.1, 0.15) is 0 Å². The summed E-state index contributed by atoms with van der Waals surface area (Å²) in [6.07, 6.45) is 3.13. The zero-order valence-corrected chi connectivity index (χ0v) is 19.1. The van der Waals surface area contributed by atoms with Gasteiger partial charge in [0.2, 0.25) is 0 Å². The number of Topliss-reactive ketones (excluding diaryl/α,β-unsaturated/α-hetero) is 1. The van der Waals surface area contributed by atoms with E-state index in [9.17, 15) is 9.36 Å². The SMILES string of the molecule is Cc1cc(C)cc(CCCC(=O)c2cc(C)c(CCC(C)(N)COP(=O)(O)O)[nH]2)c1. The second-order valence-electron chi connectivity index (χ2n) is 8.54. The Labute approximate surface area is 178 Å². The van der Waals surface area contributed by atoms with Gasteiger partial charge < -0.3 is 20.5 Å². The molecule has 1 aromatic heterocycles. The predicted molar refractivity (Wildman–Crippen MR) is 118 cm³/mol. The highest BCUT2D eigenvalue weighted by atomic mass is 31.2. The maximum atomic E-state index is 12.6. The average Bonchev–Trinajstić information content (AvgIpc) is 2.98. The van der Waals surface area contributed by atoms with Crippen LogP contribution in [0.3, 0.4) is 0 Å². The summed E-state index contributed by atoms with van der Waals surface area (Å²) in [6, 6.07) is 8.32. The first kappa shape index (κ1) is 24.5. The molecule has 2 rings (SSSR count). The number of carbonyl (C=O) groups is 1. The third-order valence-electron chi connectivity index (χ3n) is 5.08. The van der Waals surface area contributed by atoms with Crippen LogP contribution in [0.4, 0.5) is 0 Å². The van der Waals surface area contributed by atoms with Crippen LogP contribution in [-0.4, -0.2) is 32.7 Å². The molecule has 0 aliphatic carbocycles. The van der Waals surface area contributed by atoms with Crippen LogP contribution in [-0.2, 0) is 21.9 Å². The molecule has 0 aliphatic heterocycles. The molecule has 1 unspecified atom stereocenters. The molecule has 30 heavy (non-hydrogen) atoms. The average molecular weight is 436 g/mol. The topological polar surface area (TPSA) is 126 Å². The number of rotatable bonds is 11. The number of aromatic amines is 1. The van der Waals surface area contributed by atoms with E-state index in [1.54, 1.807) is 6.92 Å². The summed E-state index contributed by atoms with van der Waals surface area (Å²) >= 11 is 0. The van der Waals surface area contributed by atoms with Crippen molar-refractivity contribution in [1.29, 1.82) is 0 Å². The maximum absolute atomic E-state index is 12.6. The highest BCUT2D eigenvalue weighted by molar-refractivity contribution is 7.46. The Morgan fingerprint density at radius 2 is 1.77 bits per heavy atom. The predicted octanol–water partition coefficient (Wildman–Crippen LogP) is 3.90. The molecule has 7 nitrogen and oxygen atoms in total. The highest BCUT2D eigenvalue weighted by Crippen LogP contribution is 2.36. The molecule has 1 heterocycles. The van der Waals surface area contributed by atoms with E-state index in [0.717, 1.165) is 24.1 Å². The Kier molecular flexibility index (Phi) is 8.20. The van der Waals surface area contributed by atoms with Gasteiger partial charge in [-0.3, -0.25) is 9.32 Å². The maximum Gasteiger partial charge on any atom is 0.469 e. The fourth-order valence-corrected chi connectivity index (χ4v) is 3.99. The molecule has 0 spiro atoms. The Hall–Kier alpha value is -1.76. The van der Waals surface area contributed by atoms with Crippen LogP contribution in [0.1, 0.15) is 64.6 Å². The quantitative estimate of drug-likeness (QED) is 0.313. The molecule has 0 radical (unpaired) electrons. The molecule has 5 N–H and O–H groups in total. The molecule has 8 heteroatoms. The van der Waals surface area contributed by atoms with Gasteiger partial charge in [-0.25, -0.2) is 4.57 Å². The molecule has 0 saturated heterocycles. The molecule has 0 aliphatic rings. The van der Waals surface area contributed by atoms with E-state index in [1.165, 1.54) is 16.7 Å². The molecule has 1 aromatic carbocycles. The standard InChI is InChI=1S/C22H33N2O5P/c1-15-10-16(2)12-18(11-15)6-5-7-21(25)20-13-17(3)19(24-20)8-9-22(4,23)14-29-30(26,27)28/h10-13,24H,5-9,14,23H2,1-4H3,(H2,26,27,28). The summed E-state index contributed by atoms with van der Waals surface area (Å²) in [5, 5.41) is 0. The zero-order chi connectivity index (χ0) is 22.5. The number of phosphoric ester groups is 1. The van der Waals surface area contributed by atoms with E-state index >= 15 is 0 Å². The number of hydrogen-bond donors (Lipinski definition) is 4. The molecular weight excluding hydrogens is 403 g/mol. The van der Waals surface area contributed by atoms with Crippen molar-refractivity contribution >= 4 is 13.6 Å². The lowest BCUT2D eigenvalue weighted by molar-refractivity contribution is 0.0975. The van der Waals surface area contributed by atoms with E-state index in [0.29, 0.717) is 25.0 Å². The first-order valence-electron chi connectivity index (χ1n) is 10.1. The van der Waals surface area contributed by atoms with Crippen molar-refractivity contribution < 1.29 is 23.7 Å². The minimum Gasteiger partial charge on any atom is -0.356 e. The Bertz CT molecular complexity index is 909. The lowest BCUT2D eigenvalue weighted by atomic mass is 9.96. The fourth-order valence-electron chi connectivity index (χ4n) is 3.53. The monoisotopic (exact) mass is 436 g/mol. The minimum atomic E-state index is -4.55. The van der Waals surface area contributed by atoms with Crippen LogP contribution in [0.25, 0.3) is 0 Å². The van der Waals surface area contributed by atoms with Gasteiger partial charge in [0.05, 0.1) is 12.3 Å². The summed E-state index contributed by atoms with van der Waals surface area (Å²) in [5.74, 6) is 0.0778. The molecule has 166 valence electrons. The van der Waals surface area contributed by atoms with Crippen molar-refractivity contribution in [2.24, 2.45) is 5.73 Å². The molecule has 0 fully saturated rings. The Morgan fingerprint density at radius 3 is 2.37 bits per heavy atom. The first-order chi connectivity index (χ1) is 13.8. The number of benzene rings is 1. The zero-order valence-electron chi connectivity index (χ0n) is 18.2. The van der Waals surface area contributed by atoms with Crippen molar-refractivity contribution in [2.45, 2.75) is 65.3 Å². The highest BCUT2D eigenvalue weighted by Gasteiger charge is 2.25. The van der Waals surface area contributed by atoms with Gasteiger partial charge in [-0.1, -0.05) is 29.3 Å². The first-order valence-corrected chi connectivity index (χ1v) is 11.7. The smallest absolute Gasteiger partial charge is 0.356 e. The van der Waals surface area contributed by atoms with Crippen molar-refractivity contribution in [1.82, 2.24) is 4.98 Å². The van der Waals surface area contributed by atoms with Crippen molar-refractivity contribution in [3.8, 4) is 0 Å². The van der Waals surface area contributed by atoms with Crippen LogP contribution >= 0.6 is 7.82 Å². The second-order valence-corrected chi connectivity index (χ2v) is 9.77. The summed E-state index contributed by atoms with van der Waals surface area (Å²) < 4.78 is 15.4. The number of nitrogens with one attached hydrogen (secondary N) is 1. The van der Waals surface area contributed by atoms with E-state index in [1.807, 2.05) is 13.0 Å².